The summed E-state index contributed by atoms with van der Waals surface area (Å²) in [6, 6.07) is 12.0. The molecule has 0 radical (unpaired) electrons. The van der Waals surface area contributed by atoms with Crippen LogP contribution in [0, 0.1) is 0 Å². The molecule has 0 saturated heterocycles. The highest BCUT2D eigenvalue weighted by atomic mass is 35.5. The maximum Gasteiger partial charge on any atom is 0.293 e. The van der Waals surface area contributed by atoms with Crippen molar-refractivity contribution in [3.63, 3.8) is 0 Å². The van der Waals surface area contributed by atoms with Crippen LogP contribution in [0.4, 0.5) is 0 Å². The van der Waals surface area contributed by atoms with E-state index in [9.17, 15) is 9.59 Å². The van der Waals surface area contributed by atoms with E-state index >= 15 is 0 Å². The quantitative estimate of drug-likeness (QED) is 0.610. The molecule has 2 aromatic rings. The van der Waals surface area contributed by atoms with E-state index < -0.39 is 5.91 Å². The second-order valence-corrected chi connectivity index (χ2v) is 6.45. The molecule has 0 spiro atoms. The average molecular weight is 393 g/mol. The van der Waals surface area contributed by atoms with Gasteiger partial charge in [-0.05, 0) is 42.5 Å². The Morgan fingerprint density at radius 3 is 2.30 bits per heavy atom. The van der Waals surface area contributed by atoms with Gasteiger partial charge in [-0.25, -0.2) is 0 Å². The van der Waals surface area contributed by atoms with Crippen LogP contribution < -0.4 is 25.2 Å². The third-order valence-electron chi connectivity index (χ3n) is 3.84. The fourth-order valence-electron chi connectivity index (χ4n) is 2.52. The van der Waals surface area contributed by atoms with Crippen molar-refractivity contribution in [3.05, 3.63) is 58.6 Å². The molecule has 2 amide bonds. The van der Waals surface area contributed by atoms with Crippen LogP contribution in [0.2, 0.25) is 5.02 Å². The summed E-state index contributed by atoms with van der Waals surface area (Å²) in [5.74, 6) is 0.594. The summed E-state index contributed by atoms with van der Waals surface area (Å²) >= 11 is 5.78. The van der Waals surface area contributed by atoms with Crippen LogP contribution in [0.25, 0.3) is 0 Å². The van der Waals surface area contributed by atoms with Gasteiger partial charge >= 0.3 is 0 Å². The third-order valence-corrected chi connectivity index (χ3v) is 4.09. The molecule has 2 aromatic carbocycles. The molecule has 27 heavy (non-hydrogen) atoms. The van der Waals surface area contributed by atoms with Crippen molar-refractivity contribution in [2.45, 2.75) is 6.54 Å². The number of amides is 2. The van der Waals surface area contributed by atoms with Crippen molar-refractivity contribution in [1.29, 1.82) is 0 Å². The van der Waals surface area contributed by atoms with Gasteiger partial charge in [0.15, 0.2) is 18.0 Å². The van der Waals surface area contributed by atoms with Gasteiger partial charge in [0.1, 0.15) is 6.54 Å². The second-order valence-electron chi connectivity index (χ2n) is 6.01. The number of hydrogen-bond donors (Lipinski definition) is 3. The Morgan fingerprint density at radius 1 is 1.00 bits per heavy atom. The Hall–Kier alpha value is -2.77. The monoisotopic (exact) mass is 392 g/mol. The van der Waals surface area contributed by atoms with Crippen molar-refractivity contribution in [2.24, 2.45) is 0 Å². The molecule has 0 aliphatic heterocycles. The summed E-state index contributed by atoms with van der Waals surface area (Å²) < 4.78 is 10.5. The van der Waals surface area contributed by atoms with Crippen LogP contribution in [-0.4, -0.2) is 39.6 Å². The molecule has 144 valence electrons. The Morgan fingerprint density at radius 2 is 1.67 bits per heavy atom. The summed E-state index contributed by atoms with van der Waals surface area (Å²) in [6.45, 7) is 0.800. The number of carbonyl (C=O) groups is 2. The lowest BCUT2D eigenvalue weighted by Gasteiger charge is -2.15. The van der Waals surface area contributed by atoms with E-state index in [1.54, 1.807) is 38.5 Å². The number of hydrazine groups is 1. The van der Waals surface area contributed by atoms with Gasteiger partial charge in [0.2, 0.25) is 0 Å². The van der Waals surface area contributed by atoms with Gasteiger partial charge in [0.05, 0.1) is 21.3 Å². The molecule has 7 nitrogen and oxygen atoms in total. The highest BCUT2D eigenvalue weighted by Gasteiger charge is 2.14. The maximum absolute atomic E-state index is 12.0. The molecular weight excluding hydrogens is 370 g/mol. The zero-order valence-corrected chi connectivity index (χ0v) is 16.2. The number of nitrogens with one attached hydrogen (secondary N) is 3. The molecular formula is C19H23ClN3O4+. The van der Waals surface area contributed by atoms with E-state index in [1.807, 2.05) is 25.2 Å². The van der Waals surface area contributed by atoms with Gasteiger partial charge in [-0.15, -0.1) is 0 Å². The predicted octanol–water partition coefficient (Wildman–Crippen LogP) is 0.833. The number of quaternary nitrogens is 1. The van der Waals surface area contributed by atoms with Crippen molar-refractivity contribution in [1.82, 2.24) is 10.9 Å². The second kappa shape index (κ2) is 9.80. The average Bonchev–Trinajstić information content (AvgIpc) is 2.66. The van der Waals surface area contributed by atoms with Crippen molar-refractivity contribution >= 4 is 23.4 Å². The molecule has 2 rings (SSSR count). The minimum absolute atomic E-state index is 0.190. The molecule has 0 aliphatic rings. The number of benzene rings is 2. The van der Waals surface area contributed by atoms with E-state index in [0.717, 1.165) is 10.5 Å². The minimum atomic E-state index is -0.405. The molecule has 0 saturated carbocycles. The lowest BCUT2D eigenvalue weighted by atomic mass is 10.2. The summed E-state index contributed by atoms with van der Waals surface area (Å²) in [5.41, 5.74) is 6.22. The molecule has 0 aromatic heterocycles. The SMILES string of the molecule is COc1ccc(C[NH+](C)CC(=O)NNC(=O)c2ccc(Cl)cc2)cc1OC. The standard InChI is InChI=1S/C19H22ClN3O4/c1-23(11-13-4-9-16(26-2)17(10-13)27-3)12-18(24)21-22-19(25)14-5-7-15(20)8-6-14/h4-10H,11-12H2,1-3H3,(H,21,24)(H,22,25)/p+1. The Bertz CT molecular complexity index is 796. The highest BCUT2D eigenvalue weighted by Crippen LogP contribution is 2.27. The van der Waals surface area contributed by atoms with Gasteiger partial charge in [-0.2, -0.15) is 0 Å². The van der Waals surface area contributed by atoms with Gasteiger partial charge in [0.25, 0.3) is 11.8 Å². The van der Waals surface area contributed by atoms with Gasteiger partial charge in [-0.3, -0.25) is 20.4 Å². The number of carbonyl (C=O) groups excluding carboxylic acids is 2. The number of ether oxygens (including phenoxy) is 2. The summed E-state index contributed by atoms with van der Waals surface area (Å²) in [6.07, 6.45) is 0. The first-order valence-corrected chi connectivity index (χ1v) is 8.67. The molecule has 8 heteroatoms. The summed E-state index contributed by atoms with van der Waals surface area (Å²) in [7, 11) is 5.05. The molecule has 0 aliphatic carbocycles. The zero-order chi connectivity index (χ0) is 19.8. The topological polar surface area (TPSA) is 81.1 Å². The Labute approximate surface area is 163 Å². The van der Waals surface area contributed by atoms with Crippen LogP contribution >= 0.6 is 11.6 Å². The van der Waals surface area contributed by atoms with E-state index in [0.29, 0.717) is 28.6 Å². The number of rotatable bonds is 7. The van der Waals surface area contributed by atoms with Crippen LogP contribution in [0.15, 0.2) is 42.5 Å². The Balaban J connectivity index is 1.83. The van der Waals surface area contributed by atoms with Crippen molar-refractivity contribution in [2.75, 3.05) is 27.8 Å². The molecule has 0 fully saturated rings. The van der Waals surface area contributed by atoms with E-state index in [4.69, 9.17) is 21.1 Å². The van der Waals surface area contributed by atoms with Gasteiger partial charge in [-0.1, -0.05) is 11.6 Å². The lowest BCUT2D eigenvalue weighted by Crippen LogP contribution is -3.09. The first-order valence-electron chi connectivity index (χ1n) is 8.30. The summed E-state index contributed by atoms with van der Waals surface area (Å²) in [5, 5.41) is 0.538. The first-order chi connectivity index (χ1) is 12.9. The molecule has 1 unspecified atom stereocenters. The van der Waals surface area contributed by atoms with Crippen molar-refractivity contribution < 1.29 is 24.0 Å². The molecule has 1 atom stereocenters. The third kappa shape index (κ3) is 6.16. The first kappa shape index (κ1) is 20.5. The van der Waals surface area contributed by atoms with Crippen LogP contribution in [0.3, 0.4) is 0 Å². The number of halogens is 1. The molecule has 3 N–H and O–H groups in total. The fraction of sp³-hybridized carbons (Fsp3) is 0.263. The largest absolute Gasteiger partial charge is 0.493 e. The minimum Gasteiger partial charge on any atom is -0.493 e. The number of hydrogen-bond acceptors (Lipinski definition) is 4. The van der Waals surface area contributed by atoms with Crippen LogP contribution in [-0.2, 0) is 11.3 Å². The van der Waals surface area contributed by atoms with E-state index in [2.05, 4.69) is 10.9 Å². The number of likely N-dealkylation sites (N-methyl/N-ethyl adjacent to an activating group) is 1. The fourth-order valence-corrected chi connectivity index (χ4v) is 2.65. The predicted molar refractivity (Wildman–Crippen MR) is 102 cm³/mol. The maximum atomic E-state index is 12.0. The molecule has 0 bridgehead atoms. The van der Waals surface area contributed by atoms with Crippen LogP contribution in [0.5, 0.6) is 11.5 Å². The van der Waals surface area contributed by atoms with Gasteiger partial charge < -0.3 is 14.4 Å². The summed E-state index contributed by atoms with van der Waals surface area (Å²) in [4.78, 5) is 25.0. The Kier molecular flexibility index (Phi) is 7.45. The highest BCUT2D eigenvalue weighted by molar-refractivity contribution is 6.30. The smallest absolute Gasteiger partial charge is 0.293 e. The van der Waals surface area contributed by atoms with Crippen LogP contribution in [0.1, 0.15) is 15.9 Å². The normalized spacial score (nSPS) is 11.4. The number of methoxy groups -OCH3 is 2. The van der Waals surface area contributed by atoms with E-state index in [1.165, 1.54) is 0 Å². The lowest BCUT2D eigenvalue weighted by molar-refractivity contribution is -0.885. The van der Waals surface area contributed by atoms with Gasteiger partial charge in [0, 0.05) is 16.1 Å². The van der Waals surface area contributed by atoms with E-state index in [-0.39, 0.29) is 12.5 Å². The van der Waals surface area contributed by atoms with Crippen molar-refractivity contribution in [3.8, 4) is 11.5 Å². The zero-order valence-electron chi connectivity index (χ0n) is 15.5. The molecule has 0 heterocycles.